The largest absolute Gasteiger partial charge is 0.394 e. The Morgan fingerprint density at radius 1 is 1.00 bits per heavy atom. The average Bonchev–Trinajstić information content (AvgIpc) is 2.62. The smallest absolute Gasteiger partial charge is 0.186 e. The van der Waals surface area contributed by atoms with Gasteiger partial charge in [-0.1, -0.05) is 5.11 Å². The first kappa shape index (κ1) is 22.0. The number of aliphatic hydroxyl groups excluding tert-OH is 3. The number of hydrogen-bond donors (Lipinski definition) is 3. The minimum absolute atomic E-state index is 0.167. The molecule has 0 spiro atoms. The van der Waals surface area contributed by atoms with E-state index < -0.39 is 24.6 Å². The van der Waals surface area contributed by atoms with Crippen molar-refractivity contribution in [3.63, 3.8) is 0 Å². The summed E-state index contributed by atoms with van der Waals surface area (Å²) >= 11 is 0. The highest BCUT2D eigenvalue weighted by atomic mass is 16.7. The molecule has 4 atom stereocenters. The Morgan fingerprint density at radius 2 is 1.60 bits per heavy atom. The topological polar surface area (TPSA) is 156 Å². The van der Waals surface area contributed by atoms with Crippen LogP contribution in [0.2, 0.25) is 0 Å². The summed E-state index contributed by atoms with van der Waals surface area (Å²) in [4.78, 5) is 2.61. The number of azide groups is 1. The van der Waals surface area contributed by atoms with Crippen LogP contribution in [0.25, 0.3) is 10.4 Å². The molecular weight excluding hydrogens is 338 g/mol. The van der Waals surface area contributed by atoms with E-state index in [-0.39, 0.29) is 26.2 Å². The van der Waals surface area contributed by atoms with Crippen LogP contribution >= 0.6 is 0 Å². The number of aliphatic hydroxyl groups is 3. The first-order chi connectivity index (χ1) is 12.2. The fraction of sp³-hybridized carbons (Fsp3) is 1.00. The molecule has 1 saturated heterocycles. The molecule has 0 aromatic rings. The summed E-state index contributed by atoms with van der Waals surface area (Å²) in [6.07, 6.45) is -3.50. The van der Waals surface area contributed by atoms with Crippen molar-refractivity contribution in [2.75, 3.05) is 59.4 Å². The van der Waals surface area contributed by atoms with Gasteiger partial charge in [0.05, 0.1) is 65.1 Å². The van der Waals surface area contributed by atoms with E-state index in [4.69, 9.17) is 34.3 Å². The minimum Gasteiger partial charge on any atom is -0.394 e. The molecule has 0 aromatic carbocycles. The molecule has 0 radical (unpaired) electrons. The lowest BCUT2D eigenvalue weighted by atomic mass is 10.0. The van der Waals surface area contributed by atoms with Crippen LogP contribution < -0.4 is 0 Å². The van der Waals surface area contributed by atoms with Gasteiger partial charge in [0, 0.05) is 17.9 Å². The SMILES string of the molecule is [N-]=[N+]=NCCOCCOCCOCCO[C@@H]1O[C@H](CO)C[C@H](O)[C@H]1O. The Labute approximate surface area is 146 Å². The van der Waals surface area contributed by atoms with Crippen LogP contribution in [0, 0.1) is 0 Å². The summed E-state index contributed by atoms with van der Waals surface area (Å²) in [5, 5.41) is 31.8. The van der Waals surface area contributed by atoms with Gasteiger partial charge in [0.2, 0.25) is 0 Å². The lowest BCUT2D eigenvalue weighted by Gasteiger charge is -2.36. The van der Waals surface area contributed by atoms with Crippen molar-refractivity contribution in [2.45, 2.75) is 31.0 Å². The fourth-order valence-corrected chi connectivity index (χ4v) is 2.09. The molecule has 0 aliphatic carbocycles. The summed E-state index contributed by atoms with van der Waals surface area (Å²) in [6, 6.07) is 0. The second kappa shape index (κ2) is 14.2. The summed E-state index contributed by atoms with van der Waals surface area (Å²) in [5.41, 5.74) is 8.06. The first-order valence-corrected chi connectivity index (χ1v) is 8.17. The molecular formula is C14H27N3O8. The van der Waals surface area contributed by atoms with Crippen molar-refractivity contribution in [3.8, 4) is 0 Å². The van der Waals surface area contributed by atoms with E-state index in [0.29, 0.717) is 39.6 Å². The van der Waals surface area contributed by atoms with Crippen LogP contribution in [0.15, 0.2) is 5.11 Å². The highest BCUT2D eigenvalue weighted by molar-refractivity contribution is 4.80. The second-order valence-corrected chi connectivity index (χ2v) is 5.27. The first-order valence-electron chi connectivity index (χ1n) is 8.17. The normalized spacial score (nSPS) is 26.4. The molecule has 1 rings (SSSR count). The van der Waals surface area contributed by atoms with Gasteiger partial charge in [0.25, 0.3) is 0 Å². The Balaban J connectivity index is 1.92. The predicted octanol–water partition coefficient (Wildman–Crippen LogP) is -0.808. The molecule has 1 heterocycles. The van der Waals surface area contributed by atoms with Gasteiger partial charge in [-0.3, -0.25) is 0 Å². The molecule has 0 amide bonds. The van der Waals surface area contributed by atoms with Crippen molar-refractivity contribution >= 4 is 0 Å². The summed E-state index contributed by atoms with van der Waals surface area (Å²) < 4.78 is 26.4. The monoisotopic (exact) mass is 365 g/mol. The van der Waals surface area contributed by atoms with E-state index in [1.165, 1.54) is 0 Å². The third-order valence-corrected chi connectivity index (χ3v) is 3.36. The van der Waals surface area contributed by atoms with Gasteiger partial charge in [0.15, 0.2) is 6.29 Å². The van der Waals surface area contributed by atoms with Gasteiger partial charge in [-0.05, 0) is 5.53 Å². The van der Waals surface area contributed by atoms with E-state index in [1.54, 1.807) is 0 Å². The standard InChI is InChI=1S/C14H27N3O8/c15-17-16-1-2-21-3-4-22-5-6-23-7-8-24-14-13(20)12(19)9-11(10-18)25-14/h11-14,18-20H,1-10H2/t11-,12-,13+,14+/m0/s1. The summed E-state index contributed by atoms with van der Waals surface area (Å²) in [6.45, 7) is 2.47. The average molecular weight is 365 g/mol. The van der Waals surface area contributed by atoms with Crippen molar-refractivity contribution < 1.29 is 39.0 Å². The van der Waals surface area contributed by atoms with E-state index in [1.807, 2.05) is 0 Å². The van der Waals surface area contributed by atoms with Crippen LogP contribution in [-0.4, -0.2) is 99.3 Å². The molecule has 0 aromatic heterocycles. The lowest BCUT2D eigenvalue weighted by molar-refractivity contribution is -0.273. The molecule has 25 heavy (non-hydrogen) atoms. The highest BCUT2D eigenvalue weighted by Gasteiger charge is 2.36. The molecule has 11 nitrogen and oxygen atoms in total. The molecule has 1 fully saturated rings. The predicted molar refractivity (Wildman–Crippen MR) is 84.8 cm³/mol. The quantitative estimate of drug-likeness (QED) is 0.156. The second-order valence-electron chi connectivity index (χ2n) is 5.27. The maximum Gasteiger partial charge on any atom is 0.186 e. The Bertz CT molecular complexity index is 383. The molecule has 0 unspecified atom stereocenters. The van der Waals surface area contributed by atoms with Gasteiger partial charge in [-0.15, -0.1) is 0 Å². The maximum atomic E-state index is 9.76. The van der Waals surface area contributed by atoms with Crippen LogP contribution in [0.1, 0.15) is 6.42 Å². The number of ether oxygens (including phenoxy) is 5. The third-order valence-electron chi connectivity index (χ3n) is 3.36. The van der Waals surface area contributed by atoms with E-state index >= 15 is 0 Å². The van der Waals surface area contributed by atoms with Gasteiger partial charge >= 0.3 is 0 Å². The fourth-order valence-electron chi connectivity index (χ4n) is 2.09. The zero-order valence-corrected chi connectivity index (χ0v) is 14.1. The lowest BCUT2D eigenvalue weighted by Crippen LogP contribution is -2.50. The van der Waals surface area contributed by atoms with Crippen LogP contribution in [0.3, 0.4) is 0 Å². The molecule has 0 saturated carbocycles. The maximum absolute atomic E-state index is 9.76. The summed E-state index contributed by atoms with van der Waals surface area (Å²) in [5.74, 6) is 0. The van der Waals surface area contributed by atoms with Crippen LogP contribution in [0.5, 0.6) is 0 Å². The number of hydrogen-bond acceptors (Lipinski definition) is 9. The zero-order valence-electron chi connectivity index (χ0n) is 14.1. The van der Waals surface area contributed by atoms with Crippen LogP contribution in [-0.2, 0) is 23.7 Å². The molecule has 11 heteroatoms. The van der Waals surface area contributed by atoms with Gasteiger partial charge in [-0.2, -0.15) is 0 Å². The molecule has 3 N–H and O–H groups in total. The molecule has 0 bridgehead atoms. The Hall–Kier alpha value is -1.01. The molecule has 1 aliphatic heterocycles. The number of rotatable bonds is 14. The number of nitrogens with zero attached hydrogens (tertiary/aromatic N) is 3. The molecule has 1 aliphatic rings. The van der Waals surface area contributed by atoms with Crippen molar-refractivity contribution in [2.24, 2.45) is 5.11 Å². The van der Waals surface area contributed by atoms with E-state index in [9.17, 15) is 10.2 Å². The zero-order chi connectivity index (χ0) is 18.3. The Morgan fingerprint density at radius 3 is 2.20 bits per heavy atom. The highest BCUT2D eigenvalue weighted by Crippen LogP contribution is 2.20. The summed E-state index contributed by atoms with van der Waals surface area (Å²) in [7, 11) is 0. The third kappa shape index (κ3) is 9.90. The van der Waals surface area contributed by atoms with Gasteiger partial charge < -0.3 is 39.0 Å². The van der Waals surface area contributed by atoms with E-state index in [0.717, 1.165) is 0 Å². The minimum atomic E-state index is -1.15. The van der Waals surface area contributed by atoms with Crippen LogP contribution in [0.4, 0.5) is 0 Å². The van der Waals surface area contributed by atoms with Crippen molar-refractivity contribution in [3.05, 3.63) is 10.4 Å². The van der Waals surface area contributed by atoms with Gasteiger partial charge in [0.1, 0.15) is 6.10 Å². The van der Waals surface area contributed by atoms with Crippen molar-refractivity contribution in [1.29, 1.82) is 0 Å². The molecule has 146 valence electrons. The van der Waals surface area contributed by atoms with E-state index in [2.05, 4.69) is 10.0 Å². The Kier molecular flexibility index (Phi) is 12.5. The van der Waals surface area contributed by atoms with Gasteiger partial charge in [-0.25, -0.2) is 0 Å². The van der Waals surface area contributed by atoms with Crippen molar-refractivity contribution in [1.82, 2.24) is 0 Å².